The second kappa shape index (κ2) is 8.53. The van der Waals surface area contributed by atoms with Crippen LogP contribution in [0.4, 0.5) is 0 Å². The summed E-state index contributed by atoms with van der Waals surface area (Å²) in [5.74, 6) is 0. The highest BCUT2D eigenvalue weighted by Crippen LogP contribution is 2.34. The maximum Gasteiger partial charge on any atom is 0.116 e. The minimum Gasteiger partial charge on any atom is -0.353 e. The Kier molecular flexibility index (Phi) is 5.08. The van der Waals surface area contributed by atoms with Crippen LogP contribution in [0.1, 0.15) is 12.5 Å². The molecule has 1 aromatic carbocycles. The molecule has 0 radical (unpaired) electrons. The number of aromatic amines is 2. The summed E-state index contributed by atoms with van der Waals surface area (Å²) in [5, 5.41) is 13.3. The number of fused-ring (bicyclic) bond motifs is 2. The van der Waals surface area contributed by atoms with E-state index in [2.05, 4.69) is 72.7 Å². The molecule has 0 saturated heterocycles. The van der Waals surface area contributed by atoms with Crippen LogP contribution in [0.5, 0.6) is 0 Å². The third kappa shape index (κ3) is 3.62. The van der Waals surface area contributed by atoms with Gasteiger partial charge in [0.1, 0.15) is 5.69 Å². The standard InChI is InChI=1S/C27H23N7/c1-2-28-13-17-10-20(16-30-14-17)18-5-6-24-21(11-18)27(34-33-24)25-12-22-23(32-25)7-9-31-26(22)19-4-3-8-29-15-19/h3-12,14-16,28,32H,2,13H2,1H3,(H,33,34). The van der Waals surface area contributed by atoms with Gasteiger partial charge in [-0.1, -0.05) is 13.0 Å². The Hall–Kier alpha value is -4.36. The van der Waals surface area contributed by atoms with E-state index >= 15 is 0 Å². The molecule has 7 nitrogen and oxygen atoms in total. The molecule has 0 atom stereocenters. The summed E-state index contributed by atoms with van der Waals surface area (Å²) in [5.41, 5.74) is 9.06. The van der Waals surface area contributed by atoms with Gasteiger partial charge in [-0.25, -0.2) is 0 Å². The molecule has 3 N–H and O–H groups in total. The van der Waals surface area contributed by atoms with Gasteiger partial charge in [-0.3, -0.25) is 20.1 Å². The third-order valence-electron chi connectivity index (χ3n) is 6.01. The van der Waals surface area contributed by atoms with E-state index in [-0.39, 0.29) is 0 Å². The molecule has 0 aliphatic carbocycles. The van der Waals surface area contributed by atoms with Gasteiger partial charge in [0.05, 0.1) is 16.9 Å². The van der Waals surface area contributed by atoms with Crippen LogP contribution in [0.25, 0.3) is 55.6 Å². The molecule has 0 amide bonds. The van der Waals surface area contributed by atoms with Crippen LogP contribution in [-0.2, 0) is 6.54 Å². The number of hydrogen-bond donors (Lipinski definition) is 3. The van der Waals surface area contributed by atoms with Crippen LogP contribution in [0.3, 0.4) is 0 Å². The van der Waals surface area contributed by atoms with Crippen molar-refractivity contribution < 1.29 is 0 Å². The minimum atomic E-state index is 0.804. The summed E-state index contributed by atoms with van der Waals surface area (Å²) in [6, 6.07) is 16.6. The van der Waals surface area contributed by atoms with Crippen LogP contribution in [0.2, 0.25) is 0 Å². The van der Waals surface area contributed by atoms with Gasteiger partial charge in [-0.05, 0) is 60.1 Å². The van der Waals surface area contributed by atoms with E-state index < -0.39 is 0 Å². The highest BCUT2D eigenvalue weighted by molar-refractivity contribution is 6.00. The molecular weight excluding hydrogens is 422 g/mol. The highest BCUT2D eigenvalue weighted by atomic mass is 15.1. The smallest absolute Gasteiger partial charge is 0.116 e. The van der Waals surface area contributed by atoms with Crippen molar-refractivity contribution in [1.29, 1.82) is 0 Å². The summed E-state index contributed by atoms with van der Waals surface area (Å²) >= 11 is 0. The summed E-state index contributed by atoms with van der Waals surface area (Å²) in [4.78, 5) is 16.8. The molecule has 6 rings (SSSR count). The van der Waals surface area contributed by atoms with Gasteiger partial charge in [0.25, 0.3) is 0 Å². The Morgan fingerprint density at radius 3 is 2.59 bits per heavy atom. The van der Waals surface area contributed by atoms with Crippen molar-refractivity contribution in [3.05, 3.63) is 85.1 Å². The monoisotopic (exact) mass is 445 g/mol. The lowest BCUT2D eigenvalue weighted by Gasteiger charge is -2.06. The first-order chi connectivity index (χ1) is 16.8. The average molecular weight is 446 g/mol. The fraction of sp³-hybridized carbons (Fsp3) is 0.111. The van der Waals surface area contributed by atoms with Crippen LogP contribution in [0, 0.1) is 0 Å². The van der Waals surface area contributed by atoms with Crippen LogP contribution < -0.4 is 5.32 Å². The average Bonchev–Trinajstić information content (AvgIpc) is 3.51. The van der Waals surface area contributed by atoms with Crippen LogP contribution >= 0.6 is 0 Å². The lowest BCUT2D eigenvalue weighted by Crippen LogP contribution is -2.11. The number of nitrogens with zero attached hydrogens (tertiary/aromatic N) is 4. The van der Waals surface area contributed by atoms with Gasteiger partial charge in [0.15, 0.2) is 0 Å². The topological polar surface area (TPSA) is 95.2 Å². The summed E-state index contributed by atoms with van der Waals surface area (Å²) in [7, 11) is 0. The summed E-state index contributed by atoms with van der Waals surface area (Å²) in [6.07, 6.45) is 9.24. The highest BCUT2D eigenvalue weighted by Gasteiger charge is 2.15. The van der Waals surface area contributed by atoms with Crippen molar-refractivity contribution in [3.63, 3.8) is 0 Å². The molecule has 0 aliphatic heterocycles. The molecule has 0 aliphatic rings. The van der Waals surface area contributed by atoms with Gasteiger partial charge < -0.3 is 10.3 Å². The zero-order valence-electron chi connectivity index (χ0n) is 18.7. The quantitative estimate of drug-likeness (QED) is 0.322. The molecule has 0 bridgehead atoms. The van der Waals surface area contributed by atoms with E-state index in [1.54, 1.807) is 6.20 Å². The normalized spacial score (nSPS) is 11.4. The lowest BCUT2D eigenvalue weighted by molar-refractivity contribution is 0.724. The second-order valence-electron chi connectivity index (χ2n) is 8.24. The van der Waals surface area contributed by atoms with Gasteiger partial charge in [0, 0.05) is 64.9 Å². The molecule has 0 unspecified atom stereocenters. The van der Waals surface area contributed by atoms with E-state index in [9.17, 15) is 0 Å². The van der Waals surface area contributed by atoms with E-state index in [1.807, 2.05) is 43.0 Å². The van der Waals surface area contributed by atoms with Crippen molar-refractivity contribution in [2.45, 2.75) is 13.5 Å². The first-order valence-corrected chi connectivity index (χ1v) is 11.3. The molecule has 166 valence electrons. The number of nitrogens with one attached hydrogen (secondary N) is 3. The largest absolute Gasteiger partial charge is 0.353 e. The fourth-order valence-electron chi connectivity index (χ4n) is 4.32. The molecule has 0 saturated carbocycles. The Bertz CT molecular complexity index is 1600. The SMILES string of the molecule is CCNCc1cncc(-c2ccc3[nH]nc(-c4cc5c(-c6cccnc6)nccc5[nH]4)c3c2)c1. The van der Waals surface area contributed by atoms with Crippen molar-refractivity contribution in [2.75, 3.05) is 6.54 Å². The molecular formula is C27H23N7. The first kappa shape index (κ1) is 20.3. The molecule has 7 heteroatoms. The number of aromatic nitrogens is 6. The van der Waals surface area contributed by atoms with Crippen molar-refractivity contribution in [2.24, 2.45) is 0 Å². The van der Waals surface area contributed by atoms with Crippen molar-refractivity contribution in [1.82, 2.24) is 35.5 Å². The first-order valence-electron chi connectivity index (χ1n) is 11.3. The van der Waals surface area contributed by atoms with Gasteiger partial charge in [0.2, 0.25) is 0 Å². The Morgan fingerprint density at radius 2 is 1.71 bits per heavy atom. The zero-order valence-corrected chi connectivity index (χ0v) is 18.7. The third-order valence-corrected chi connectivity index (χ3v) is 6.01. The fourth-order valence-corrected chi connectivity index (χ4v) is 4.32. The second-order valence-corrected chi connectivity index (χ2v) is 8.24. The van der Waals surface area contributed by atoms with Crippen molar-refractivity contribution in [3.8, 4) is 33.8 Å². The van der Waals surface area contributed by atoms with Gasteiger partial charge in [-0.15, -0.1) is 0 Å². The zero-order chi connectivity index (χ0) is 22.9. The van der Waals surface area contributed by atoms with Crippen LogP contribution in [0.15, 0.2) is 79.5 Å². The maximum absolute atomic E-state index is 4.64. The van der Waals surface area contributed by atoms with E-state index in [0.717, 1.165) is 74.2 Å². The molecule has 5 heterocycles. The Balaban J connectivity index is 1.44. The molecule has 6 aromatic rings. The molecule has 34 heavy (non-hydrogen) atoms. The van der Waals surface area contributed by atoms with E-state index in [1.165, 1.54) is 0 Å². The van der Waals surface area contributed by atoms with Gasteiger partial charge >= 0.3 is 0 Å². The molecule has 0 fully saturated rings. The molecule has 0 spiro atoms. The maximum atomic E-state index is 4.64. The number of rotatable bonds is 6. The number of hydrogen-bond acceptors (Lipinski definition) is 5. The Morgan fingerprint density at radius 1 is 0.794 bits per heavy atom. The minimum absolute atomic E-state index is 0.804. The van der Waals surface area contributed by atoms with E-state index in [4.69, 9.17) is 0 Å². The Labute approximate surface area is 196 Å². The summed E-state index contributed by atoms with van der Waals surface area (Å²) < 4.78 is 0. The van der Waals surface area contributed by atoms with E-state index in [0.29, 0.717) is 0 Å². The van der Waals surface area contributed by atoms with Gasteiger partial charge in [-0.2, -0.15) is 5.10 Å². The number of H-pyrrole nitrogens is 2. The predicted molar refractivity (Wildman–Crippen MR) is 135 cm³/mol. The number of benzene rings is 1. The number of pyridine rings is 3. The predicted octanol–water partition coefficient (Wildman–Crippen LogP) is 5.34. The van der Waals surface area contributed by atoms with Crippen molar-refractivity contribution >= 4 is 21.8 Å². The van der Waals surface area contributed by atoms with Crippen LogP contribution in [-0.4, -0.2) is 36.7 Å². The molecule has 5 aromatic heterocycles. The summed E-state index contributed by atoms with van der Waals surface area (Å²) in [6.45, 7) is 3.83. The lowest BCUT2D eigenvalue weighted by atomic mass is 10.0.